The lowest BCUT2D eigenvalue weighted by molar-refractivity contribution is -0.131. The van der Waals surface area contributed by atoms with Gasteiger partial charge in [0.25, 0.3) is 0 Å². The molecule has 0 aromatic heterocycles. The molecule has 7 nitrogen and oxygen atoms in total. The first kappa shape index (κ1) is 22.9. The van der Waals surface area contributed by atoms with E-state index < -0.39 is 9.84 Å². The molecule has 0 spiro atoms. The molecule has 1 amide bonds. The van der Waals surface area contributed by atoms with E-state index in [1.165, 1.54) is 0 Å². The van der Waals surface area contributed by atoms with E-state index in [4.69, 9.17) is 14.2 Å². The van der Waals surface area contributed by atoms with E-state index in [0.717, 1.165) is 12.0 Å². The van der Waals surface area contributed by atoms with Crippen LogP contribution >= 0.6 is 0 Å². The van der Waals surface area contributed by atoms with Gasteiger partial charge in [-0.25, -0.2) is 8.42 Å². The van der Waals surface area contributed by atoms with Crippen LogP contribution in [0.15, 0.2) is 47.4 Å². The van der Waals surface area contributed by atoms with Gasteiger partial charge in [-0.05, 0) is 31.4 Å². The molecule has 8 heteroatoms. The Morgan fingerprint density at radius 1 is 1.03 bits per heavy atom. The Labute approximate surface area is 183 Å². The number of rotatable bonds is 9. The summed E-state index contributed by atoms with van der Waals surface area (Å²) < 4.78 is 41.7. The molecule has 2 aromatic carbocycles. The fraction of sp³-hybridized carbons (Fsp3) is 0.435. The van der Waals surface area contributed by atoms with Crippen LogP contribution < -0.4 is 14.2 Å². The van der Waals surface area contributed by atoms with Crippen LogP contribution in [0.3, 0.4) is 0 Å². The first-order valence-corrected chi connectivity index (χ1v) is 11.9. The number of likely N-dealkylation sites (tertiary alicyclic amines) is 1. The normalized spacial score (nSPS) is 16.2. The molecule has 1 heterocycles. The molecule has 1 fully saturated rings. The minimum atomic E-state index is -3.45. The summed E-state index contributed by atoms with van der Waals surface area (Å²) in [6.07, 6.45) is 2.15. The molecule has 1 aliphatic heterocycles. The highest BCUT2D eigenvalue weighted by Gasteiger charge is 2.33. The van der Waals surface area contributed by atoms with Gasteiger partial charge in [-0.15, -0.1) is 0 Å². The SMILES string of the molecule is COc1cc(OC)c(CCC(=O)N2CCCC2CS(=O)(=O)c2ccccc2)c(OC)c1. The van der Waals surface area contributed by atoms with Crippen LogP contribution in [0, 0.1) is 0 Å². The van der Waals surface area contributed by atoms with Gasteiger partial charge in [0.2, 0.25) is 5.91 Å². The minimum absolute atomic E-state index is 0.0576. The van der Waals surface area contributed by atoms with Crippen LogP contribution in [0.2, 0.25) is 0 Å². The van der Waals surface area contributed by atoms with Crippen molar-refractivity contribution in [2.24, 2.45) is 0 Å². The summed E-state index contributed by atoms with van der Waals surface area (Å²) in [5, 5.41) is 0. The second kappa shape index (κ2) is 10.0. The number of carbonyl (C=O) groups is 1. The summed E-state index contributed by atoms with van der Waals surface area (Å²) in [5.41, 5.74) is 0.784. The summed E-state index contributed by atoms with van der Waals surface area (Å²) in [7, 11) is 1.23. The Bertz CT molecular complexity index is 981. The van der Waals surface area contributed by atoms with E-state index in [2.05, 4.69) is 0 Å². The standard InChI is InChI=1S/C23H29NO6S/c1-28-18-14-21(29-2)20(22(15-18)30-3)11-12-23(25)24-13-7-8-17(24)16-31(26,27)19-9-5-4-6-10-19/h4-6,9-10,14-15,17H,7-8,11-13,16H2,1-3H3. The van der Waals surface area contributed by atoms with Crippen LogP contribution in [0.4, 0.5) is 0 Å². The lowest BCUT2D eigenvalue weighted by atomic mass is 10.1. The van der Waals surface area contributed by atoms with Crippen molar-refractivity contribution >= 4 is 15.7 Å². The van der Waals surface area contributed by atoms with Crippen LogP contribution in [-0.4, -0.2) is 58.9 Å². The largest absolute Gasteiger partial charge is 0.496 e. The summed E-state index contributed by atoms with van der Waals surface area (Å²) in [4.78, 5) is 15.0. The van der Waals surface area contributed by atoms with Gasteiger partial charge in [-0.1, -0.05) is 18.2 Å². The minimum Gasteiger partial charge on any atom is -0.496 e. The van der Waals surface area contributed by atoms with Crippen molar-refractivity contribution in [3.05, 3.63) is 48.0 Å². The average molecular weight is 448 g/mol. The van der Waals surface area contributed by atoms with Gasteiger partial charge in [0.05, 0.1) is 32.0 Å². The Balaban J connectivity index is 1.71. The van der Waals surface area contributed by atoms with Gasteiger partial charge in [-0.2, -0.15) is 0 Å². The predicted octanol–water partition coefficient (Wildman–Crippen LogP) is 3.11. The molecule has 1 unspecified atom stereocenters. The number of nitrogens with zero attached hydrogens (tertiary/aromatic N) is 1. The number of sulfone groups is 1. The van der Waals surface area contributed by atoms with Crippen molar-refractivity contribution in [1.29, 1.82) is 0 Å². The molecule has 2 aromatic rings. The molecule has 31 heavy (non-hydrogen) atoms. The summed E-state index contributed by atoms with van der Waals surface area (Å²) in [5.74, 6) is 1.67. The van der Waals surface area contributed by atoms with Gasteiger partial charge >= 0.3 is 0 Å². The van der Waals surface area contributed by atoms with E-state index in [0.29, 0.717) is 41.5 Å². The number of carbonyl (C=O) groups excluding carboxylic acids is 1. The fourth-order valence-corrected chi connectivity index (χ4v) is 5.63. The number of hydrogen-bond donors (Lipinski definition) is 0. The quantitative estimate of drug-likeness (QED) is 0.588. The second-order valence-corrected chi connectivity index (χ2v) is 9.52. The Kier molecular flexibility index (Phi) is 7.43. The summed E-state index contributed by atoms with van der Waals surface area (Å²) in [6, 6.07) is 11.6. The Morgan fingerprint density at radius 2 is 1.68 bits per heavy atom. The highest BCUT2D eigenvalue weighted by atomic mass is 32.2. The molecule has 0 aliphatic carbocycles. The van der Waals surface area contributed by atoms with Gasteiger partial charge in [0.1, 0.15) is 17.2 Å². The van der Waals surface area contributed by atoms with E-state index >= 15 is 0 Å². The molecule has 1 atom stereocenters. The lowest BCUT2D eigenvalue weighted by Gasteiger charge is -2.25. The van der Waals surface area contributed by atoms with Gasteiger partial charge in [0.15, 0.2) is 9.84 Å². The van der Waals surface area contributed by atoms with Crippen LogP contribution in [0.25, 0.3) is 0 Å². The zero-order valence-corrected chi connectivity index (χ0v) is 19.0. The molecule has 1 saturated heterocycles. The van der Waals surface area contributed by atoms with Crippen molar-refractivity contribution in [1.82, 2.24) is 4.90 Å². The van der Waals surface area contributed by atoms with Gasteiger partial charge in [0, 0.05) is 36.7 Å². The highest BCUT2D eigenvalue weighted by Crippen LogP contribution is 2.35. The second-order valence-electron chi connectivity index (χ2n) is 7.49. The maximum atomic E-state index is 13.0. The molecule has 3 rings (SSSR count). The smallest absolute Gasteiger partial charge is 0.223 e. The van der Waals surface area contributed by atoms with E-state index in [1.54, 1.807) is 68.7 Å². The van der Waals surface area contributed by atoms with Crippen LogP contribution in [0.1, 0.15) is 24.8 Å². The Morgan fingerprint density at radius 3 is 2.26 bits per heavy atom. The van der Waals surface area contributed by atoms with E-state index in [-0.39, 0.29) is 24.1 Å². The van der Waals surface area contributed by atoms with Gasteiger partial charge in [-0.3, -0.25) is 4.79 Å². The molecule has 1 aliphatic rings. The summed E-state index contributed by atoms with van der Waals surface area (Å²) >= 11 is 0. The third-order valence-electron chi connectivity index (χ3n) is 5.62. The maximum Gasteiger partial charge on any atom is 0.223 e. The monoisotopic (exact) mass is 447 g/mol. The number of methoxy groups -OCH3 is 3. The van der Waals surface area contributed by atoms with Crippen molar-refractivity contribution in [3.8, 4) is 17.2 Å². The molecule has 168 valence electrons. The highest BCUT2D eigenvalue weighted by molar-refractivity contribution is 7.91. The topological polar surface area (TPSA) is 82.1 Å². The predicted molar refractivity (Wildman–Crippen MR) is 118 cm³/mol. The number of hydrogen-bond acceptors (Lipinski definition) is 6. The van der Waals surface area contributed by atoms with Crippen molar-refractivity contribution < 1.29 is 27.4 Å². The van der Waals surface area contributed by atoms with Crippen LogP contribution in [-0.2, 0) is 21.1 Å². The van der Waals surface area contributed by atoms with Crippen LogP contribution in [0.5, 0.6) is 17.2 Å². The molecular formula is C23H29NO6S. The first-order chi connectivity index (χ1) is 14.9. The molecule has 0 N–H and O–H groups in total. The van der Waals surface area contributed by atoms with Crippen molar-refractivity contribution in [2.45, 2.75) is 36.6 Å². The Hall–Kier alpha value is -2.74. The average Bonchev–Trinajstić information content (AvgIpc) is 3.24. The fourth-order valence-electron chi connectivity index (χ4n) is 4.01. The molecule has 0 radical (unpaired) electrons. The van der Waals surface area contributed by atoms with Gasteiger partial charge < -0.3 is 19.1 Å². The molecule has 0 bridgehead atoms. The number of amides is 1. The van der Waals surface area contributed by atoms with E-state index in [1.807, 2.05) is 0 Å². The zero-order chi connectivity index (χ0) is 22.4. The molecule has 0 saturated carbocycles. The van der Waals surface area contributed by atoms with Crippen molar-refractivity contribution in [3.63, 3.8) is 0 Å². The first-order valence-electron chi connectivity index (χ1n) is 10.3. The zero-order valence-electron chi connectivity index (χ0n) is 18.2. The molecular weight excluding hydrogens is 418 g/mol. The number of benzene rings is 2. The van der Waals surface area contributed by atoms with E-state index in [9.17, 15) is 13.2 Å². The summed E-state index contributed by atoms with van der Waals surface area (Å²) in [6.45, 7) is 0.574. The number of ether oxygens (including phenoxy) is 3. The third-order valence-corrected chi connectivity index (χ3v) is 7.43. The third kappa shape index (κ3) is 5.31. The lowest BCUT2D eigenvalue weighted by Crippen LogP contribution is -2.39. The van der Waals surface area contributed by atoms with Crippen molar-refractivity contribution in [2.75, 3.05) is 33.6 Å². The maximum absolute atomic E-state index is 13.0.